The average Bonchev–Trinajstić information content (AvgIpc) is 2.87. The van der Waals surface area contributed by atoms with Crippen molar-refractivity contribution < 1.29 is 13.2 Å². The number of hydrogen-bond acceptors (Lipinski definition) is 5. The lowest BCUT2D eigenvalue weighted by Gasteiger charge is -2.13. The Kier molecular flexibility index (Phi) is 4.47. The van der Waals surface area contributed by atoms with Gasteiger partial charge in [0, 0.05) is 23.3 Å². The lowest BCUT2D eigenvalue weighted by molar-refractivity contribution is -0.115. The van der Waals surface area contributed by atoms with Crippen molar-refractivity contribution in [3.05, 3.63) is 59.8 Å². The number of halogens is 3. The zero-order valence-electron chi connectivity index (χ0n) is 14.3. The molecule has 0 amide bonds. The predicted octanol–water partition coefficient (Wildman–Crippen LogP) is 4.16. The maximum absolute atomic E-state index is 12.4. The predicted molar refractivity (Wildman–Crippen MR) is 96.1 cm³/mol. The molecule has 1 N–H and O–H groups in total. The Bertz CT molecular complexity index is 1010. The van der Waals surface area contributed by atoms with Crippen LogP contribution in [0.4, 0.5) is 19.1 Å². The zero-order chi connectivity index (χ0) is 18.9. The fourth-order valence-electron chi connectivity index (χ4n) is 3.15. The summed E-state index contributed by atoms with van der Waals surface area (Å²) < 4.78 is 37.3. The van der Waals surface area contributed by atoms with Crippen molar-refractivity contribution in [2.24, 2.45) is 0 Å². The van der Waals surface area contributed by atoms with Crippen molar-refractivity contribution >= 4 is 22.4 Å². The zero-order valence-corrected chi connectivity index (χ0v) is 14.3. The van der Waals surface area contributed by atoms with Crippen LogP contribution in [0.15, 0.2) is 43.0 Å². The number of allylic oxidation sites excluding steroid dienone is 1. The van der Waals surface area contributed by atoms with E-state index in [1.165, 1.54) is 6.33 Å². The highest BCUT2D eigenvalue weighted by Crippen LogP contribution is 2.31. The first-order valence-corrected chi connectivity index (χ1v) is 8.57. The van der Waals surface area contributed by atoms with E-state index in [0.717, 1.165) is 46.1 Å². The molecule has 0 bridgehead atoms. The third kappa shape index (κ3) is 3.89. The Hall–Kier alpha value is -3.03. The minimum absolute atomic E-state index is 0.000707. The van der Waals surface area contributed by atoms with Gasteiger partial charge in [-0.15, -0.1) is 0 Å². The summed E-state index contributed by atoms with van der Waals surface area (Å²) in [6, 6.07) is 5.91. The van der Waals surface area contributed by atoms with Crippen molar-refractivity contribution in [2.45, 2.75) is 25.4 Å². The second kappa shape index (κ2) is 6.94. The normalized spacial score (nSPS) is 14.4. The van der Waals surface area contributed by atoms with Gasteiger partial charge >= 0.3 is 6.18 Å². The molecule has 2 aromatic heterocycles. The third-order valence-corrected chi connectivity index (χ3v) is 4.39. The monoisotopic (exact) mass is 371 g/mol. The number of aromatic nitrogens is 4. The van der Waals surface area contributed by atoms with Crippen LogP contribution in [-0.4, -0.2) is 32.7 Å². The first kappa shape index (κ1) is 17.4. The molecule has 1 aliphatic carbocycles. The number of rotatable bonds is 3. The van der Waals surface area contributed by atoms with Crippen LogP contribution in [0.25, 0.3) is 16.5 Å². The van der Waals surface area contributed by atoms with E-state index in [1.807, 2.05) is 18.2 Å². The van der Waals surface area contributed by atoms with Crippen molar-refractivity contribution in [3.63, 3.8) is 0 Å². The molecule has 3 aromatic rings. The SMILES string of the molecule is FC(F)(F)CNc1ncc2c(n1)CCCC=C2c1ccc2ncncc2c1. The van der Waals surface area contributed by atoms with Gasteiger partial charge in [0.2, 0.25) is 5.95 Å². The van der Waals surface area contributed by atoms with Crippen LogP contribution < -0.4 is 5.32 Å². The number of nitrogens with one attached hydrogen (secondary N) is 1. The van der Waals surface area contributed by atoms with E-state index in [9.17, 15) is 13.2 Å². The molecule has 0 fully saturated rings. The average molecular weight is 371 g/mol. The highest BCUT2D eigenvalue weighted by Gasteiger charge is 2.27. The number of hydrogen-bond donors (Lipinski definition) is 1. The number of nitrogens with zero attached hydrogens (tertiary/aromatic N) is 4. The standard InChI is InChI=1S/C19H16F3N5/c20-19(21,22)10-25-18-24-9-15-14(3-1-2-4-17(15)27-18)12-5-6-16-13(7-12)8-23-11-26-16/h3,5-9,11H,1-2,4,10H2,(H,24,25,27). The number of anilines is 1. The second-order valence-electron chi connectivity index (χ2n) is 6.33. The number of alkyl halides is 3. The van der Waals surface area contributed by atoms with Crippen LogP contribution in [0, 0.1) is 0 Å². The fraction of sp³-hybridized carbons (Fsp3) is 0.263. The molecule has 0 radical (unpaired) electrons. The molecule has 2 heterocycles. The van der Waals surface area contributed by atoms with Gasteiger partial charge in [0.1, 0.15) is 12.9 Å². The minimum atomic E-state index is -4.31. The molecule has 138 valence electrons. The summed E-state index contributed by atoms with van der Waals surface area (Å²) in [5.41, 5.74) is 4.42. The van der Waals surface area contributed by atoms with Crippen LogP contribution in [-0.2, 0) is 6.42 Å². The van der Waals surface area contributed by atoms with Gasteiger partial charge in [-0.2, -0.15) is 13.2 Å². The molecule has 0 saturated carbocycles. The quantitative estimate of drug-likeness (QED) is 0.749. The van der Waals surface area contributed by atoms with Crippen LogP contribution in [0.5, 0.6) is 0 Å². The van der Waals surface area contributed by atoms with E-state index >= 15 is 0 Å². The first-order valence-electron chi connectivity index (χ1n) is 8.57. The number of fused-ring (bicyclic) bond motifs is 2. The number of aryl methyl sites for hydroxylation is 1. The van der Waals surface area contributed by atoms with Crippen LogP contribution >= 0.6 is 0 Å². The van der Waals surface area contributed by atoms with Crippen LogP contribution in [0.3, 0.4) is 0 Å². The molecule has 0 atom stereocenters. The van der Waals surface area contributed by atoms with Gasteiger partial charge in [0.05, 0.1) is 11.2 Å². The largest absolute Gasteiger partial charge is 0.405 e. The molecule has 0 spiro atoms. The van der Waals surface area contributed by atoms with Gasteiger partial charge in [-0.3, -0.25) is 0 Å². The summed E-state index contributed by atoms with van der Waals surface area (Å²) in [5.74, 6) is -0.000707. The molecule has 1 aliphatic rings. The molecule has 4 rings (SSSR count). The Morgan fingerprint density at radius 3 is 2.85 bits per heavy atom. The Morgan fingerprint density at radius 1 is 1.11 bits per heavy atom. The van der Waals surface area contributed by atoms with Crippen molar-refractivity contribution in [2.75, 3.05) is 11.9 Å². The number of benzene rings is 1. The molecule has 0 saturated heterocycles. The highest BCUT2D eigenvalue weighted by atomic mass is 19.4. The molecular formula is C19H16F3N5. The molecule has 8 heteroatoms. The van der Waals surface area contributed by atoms with E-state index in [4.69, 9.17) is 0 Å². The molecule has 0 unspecified atom stereocenters. The van der Waals surface area contributed by atoms with Gasteiger partial charge < -0.3 is 5.32 Å². The van der Waals surface area contributed by atoms with Crippen LogP contribution in [0.1, 0.15) is 29.7 Å². The smallest absolute Gasteiger partial charge is 0.345 e. The maximum atomic E-state index is 12.4. The summed E-state index contributed by atoms with van der Waals surface area (Å²) in [6.07, 6.45) is 5.11. The molecular weight excluding hydrogens is 355 g/mol. The van der Waals surface area contributed by atoms with Crippen molar-refractivity contribution in [3.8, 4) is 0 Å². The maximum Gasteiger partial charge on any atom is 0.405 e. The minimum Gasteiger partial charge on any atom is -0.345 e. The van der Waals surface area contributed by atoms with Crippen molar-refractivity contribution in [1.82, 2.24) is 19.9 Å². The fourth-order valence-corrected chi connectivity index (χ4v) is 3.15. The first-order chi connectivity index (χ1) is 13.0. The summed E-state index contributed by atoms with van der Waals surface area (Å²) >= 11 is 0. The summed E-state index contributed by atoms with van der Waals surface area (Å²) in [7, 11) is 0. The summed E-state index contributed by atoms with van der Waals surface area (Å²) in [4.78, 5) is 16.7. The van der Waals surface area contributed by atoms with Gasteiger partial charge in [-0.1, -0.05) is 12.1 Å². The lowest BCUT2D eigenvalue weighted by atomic mass is 9.97. The van der Waals surface area contributed by atoms with E-state index in [0.29, 0.717) is 6.42 Å². The molecule has 1 aromatic carbocycles. The topological polar surface area (TPSA) is 63.6 Å². The summed E-state index contributed by atoms with van der Waals surface area (Å²) in [5, 5.41) is 3.17. The Morgan fingerprint density at radius 2 is 2.00 bits per heavy atom. The second-order valence-corrected chi connectivity index (χ2v) is 6.33. The summed E-state index contributed by atoms with van der Waals surface area (Å²) in [6.45, 7) is -1.15. The third-order valence-electron chi connectivity index (χ3n) is 4.39. The van der Waals surface area contributed by atoms with E-state index in [1.54, 1.807) is 12.4 Å². The highest BCUT2D eigenvalue weighted by molar-refractivity contribution is 5.87. The van der Waals surface area contributed by atoms with Gasteiger partial charge in [0.15, 0.2) is 0 Å². The van der Waals surface area contributed by atoms with E-state index in [2.05, 4.69) is 31.3 Å². The molecule has 0 aliphatic heterocycles. The van der Waals surface area contributed by atoms with Crippen LogP contribution in [0.2, 0.25) is 0 Å². The van der Waals surface area contributed by atoms with E-state index < -0.39 is 12.7 Å². The Balaban J connectivity index is 1.70. The van der Waals surface area contributed by atoms with Gasteiger partial charge in [-0.25, -0.2) is 19.9 Å². The van der Waals surface area contributed by atoms with E-state index in [-0.39, 0.29) is 5.95 Å². The van der Waals surface area contributed by atoms with Gasteiger partial charge in [-0.05, 0) is 42.5 Å². The lowest BCUT2D eigenvalue weighted by Crippen LogP contribution is -2.22. The van der Waals surface area contributed by atoms with Gasteiger partial charge in [0.25, 0.3) is 0 Å². The molecule has 27 heavy (non-hydrogen) atoms. The van der Waals surface area contributed by atoms with Crippen molar-refractivity contribution in [1.29, 1.82) is 0 Å². The Labute approximate surface area is 153 Å². The molecule has 5 nitrogen and oxygen atoms in total.